The van der Waals surface area contributed by atoms with Gasteiger partial charge in [0.25, 0.3) is 0 Å². The smallest absolute Gasteiger partial charge is 0.305 e. The van der Waals surface area contributed by atoms with Crippen molar-refractivity contribution < 1.29 is 19.4 Å². The fourth-order valence-corrected chi connectivity index (χ4v) is 0.843. The summed E-state index contributed by atoms with van der Waals surface area (Å²) in [5, 5.41) is 8.14. The van der Waals surface area contributed by atoms with Crippen molar-refractivity contribution in [2.45, 2.75) is 12.2 Å². The molecule has 0 aromatic rings. The highest BCUT2D eigenvalue weighted by Gasteiger charge is 2.23. The number of hydrogen-bond acceptors (Lipinski definition) is 3. The molecular formula is C4H10NO4P. The number of carboxylic acid groups (broad SMARTS) is 1. The van der Waals surface area contributed by atoms with Crippen molar-refractivity contribution in [3.8, 4) is 0 Å². The van der Waals surface area contributed by atoms with E-state index >= 15 is 0 Å². The molecule has 0 fully saturated rings. The zero-order chi connectivity index (χ0) is 8.36. The molecule has 4 N–H and O–H groups in total. The van der Waals surface area contributed by atoms with Crippen LogP contribution >= 0.6 is 7.37 Å². The molecule has 0 aromatic heterocycles. The van der Waals surface area contributed by atoms with Gasteiger partial charge in [0.05, 0.1) is 12.2 Å². The number of hydrogen-bond donors (Lipinski definition) is 3. The third kappa shape index (κ3) is 3.61. The lowest BCUT2D eigenvalue weighted by atomic mass is 10.4. The molecule has 6 heteroatoms. The fourth-order valence-electron chi connectivity index (χ4n) is 0.348. The standard InChI is InChI=1S/C4H10NO4P/c1-10(8,9)3(5)2-4(6)7/h3H,2,5H2,1H3,(H,6,7)(H,8,9). The van der Waals surface area contributed by atoms with E-state index in [2.05, 4.69) is 0 Å². The van der Waals surface area contributed by atoms with Crippen LogP contribution in [0.3, 0.4) is 0 Å². The Morgan fingerprint density at radius 2 is 2.20 bits per heavy atom. The minimum absolute atomic E-state index is 0.468. The molecule has 2 unspecified atom stereocenters. The zero-order valence-corrected chi connectivity index (χ0v) is 6.41. The summed E-state index contributed by atoms with van der Waals surface area (Å²) in [6.07, 6.45) is -0.468. The lowest BCUT2D eigenvalue weighted by Crippen LogP contribution is -2.23. The van der Waals surface area contributed by atoms with Gasteiger partial charge in [-0.15, -0.1) is 0 Å². The van der Waals surface area contributed by atoms with Gasteiger partial charge in [0, 0.05) is 6.66 Å². The molecule has 0 aromatic carbocycles. The number of carbonyl (C=O) groups is 1. The predicted octanol–water partition coefficient (Wildman–Crippen LogP) is -0.354. The van der Waals surface area contributed by atoms with Gasteiger partial charge in [0.1, 0.15) is 0 Å². The number of rotatable bonds is 3. The number of carboxylic acids is 1. The maximum absolute atomic E-state index is 10.6. The minimum atomic E-state index is -3.41. The summed E-state index contributed by atoms with van der Waals surface area (Å²) in [6, 6.07) is 0. The van der Waals surface area contributed by atoms with Gasteiger partial charge in [0.2, 0.25) is 7.37 Å². The summed E-state index contributed by atoms with van der Waals surface area (Å²) >= 11 is 0. The van der Waals surface area contributed by atoms with E-state index in [9.17, 15) is 9.36 Å². The van der Waals surface area contributed by atoms with E-state index < -0.39 is 25.5 Å². The lowest BCUT2D eigenvalue weighted by Gasteiger charge is -2.11. The third-order valence-electron chi connectivity index (χ3n) is 0.999. The molecule has 0 aliphatic rings. The largest absolute Gasteiger partial charge is 0.481 e. The molecule has 0 aliphatic heterocycles. The van der Waals surface area contributed by atoms with E-state index in [0.717, 1.165) is 6.66 Å². The van der Waals surface area contributed by atoms with Crippen molar-refractivity contribution in [1.29, 1.82) is 0 Å². The van der Waals surface area contributed by atoms with Gasteiger partial charge >= 0.3 is 5.97 Å². The highest BCUT2D eigenvalue weighted by Crippen LogP contribution is 2.40. The van der Waals surface area contributed by atoms with E-state index in [0.29, 0.717) is 0 Å². The van der Waals surface area contributed by atoms with Crippen molar-refractivity contribution >= 4 is 13.3 Å². The van der Waals surface area contributed by atoms with Crippen LogP contribution < -0.4 is 5.73 Å². The Morgan fingerprint density at radius 1 is 1.80 bits per heavy atom. The van der Waals surface area contributed by atoms with Crippen molar-refractivity contribution in [3.05, 3.63) is 0 Å². The molecule has 0 spiro atoms. The van der Waals surface area contributed by atoms with Crippen LogP contribution in [-0.4, -0.2) is 28.4 Å². The molecule has 0 saturated carbocycles. The van der Waals surface area contributed by atoms with E-state index in [1.807, 2.05) is 0 Å². The van der Waals surface area contributed by atoms with Crippen molar-refractivity contribution in [1.82, 2.24) is 0 Å². The molecule has 0 radical (unpaired) electrons. The Labute approximate surface area is 58.3 Å². The van der Waals surface area contributed by atoms with Crippen LogP contribution in [0, 0.1) is 0 Å². The SMILES string of the molecule is CP(=O)(O)C(N)CC(=O)O. The van der Waals surface area contributed by atoms with Gasteiger partial charge in [-0.2, -0.15) is 0 Å². The molecular weight excluding hydrogens is 157 g/mol. The van der Waals surface area contributed by atoms with Crippen LogP contribution in [0.15, 0.2) is 0 Å². The predicted molar refractivity (Wildman–Crippen MR) is 36.0 cm³/mol. The fraction of sp³-hybridized carbons (Fsp3) is 0.750. The first-order valence-corrected chi connectivity index (χ1v) is 4.79. The lowest BCUT2D eigenvalue weighted by molar-refractivity contribution is -0.137. The van der Waals surface area contributed by atoms with Gasteiger partial charge < -0.3 is 15.7 Å². The van der Waals surface area contributed by atoms with Crippen LogP contribution in [0.5, 0.6) is 0 Å². The molecule has 60 valence electrons. The van der Waals surface area contributed by atoms with E-state index in [4.69, 9.17) is 15.7 Å². The van der Waals surface area contributed by atoms with Crippen LogP contribution in [0.25, 0.3) is 0 Å². The average Bonchev–Trinajstić information content (AvgIpc) is 1.60. The Hall–Kier alpha value is -0.380. The molecule has 0 bridgehead atoms. The number of aliphatic carboxylic acids is 1. The van der Waals surface area contributed by atoms with Crippen molar-refractivity contribution in [3.63, 3.8) is 0 Å². The molecule has 0 rings (SSSR count). The summed E-state index contributed by atoms with van der Waals surface area (Å²) in [7, 11) is -3.41. The van der Waals surface area contributed by atoms with Gasteiger partial charge in [-0.25, -0.2) is 0 Å². The van der Waals surface area contributed by atoms with Gasteiger partial charge in [-0.3, -0.25) is 9.36 Å². The Morgan fingerprint density at radius 3 is 2.30 bits per heavy atom. The second-order valence-corrected chi connectivity index (χ2v) is 4.66. The molecule has 10 heavy (non-hydrogen) atoms. The van der Waals surface area contributed by atoms with Crippen LogP contribution in [0.2, 0.25) is 0 Å². The van der Waals surface area contributed by atoms with Crippen LogP contribution in [0.4, 0.5) is 0 Å². The monoisotopic (exact) mass is 167 g/mol. The quantitative estimate of drug-likeness (QED) is 0.498. The van der Waals surface area contributed by atoms with Crippen molar-refractivity contribution in [2.75, 3.05) is 6.66 Å². The Balaban J connectivity index is 3.98. The maximum atomic E-state index is 10.6. The minimum Gasteiger partial charge on any atom is -0.481 e. The Kier molecular flexibility index (Phi) is 3.02. The topological polar surface area (TPSA) is 101 Å². The van der Waals surface area contributed by atoms with Crippen LogP contribution in [0.1, 0.15) is 6.42 Å². The van der Waals surface area contributed by atoms with E-state index in [1.165, 1.54) is 0 Å². The average molecular weight is 167 g/mol. The second-order valence-electron chi connectivity index (χ2n) is 2.11. The highest BCUT2D eigenvalue weighted by molar-refractivity contribution is 7.57. The third-order valence-corrected chi connectivity index (χ3v) is 2.41. The first-order chi connectivity index (χ1) is 4.34. The van der Waals surface area contributed by atoms with Crippen molar-refractivity contribution in [2.24, 2.45) is 5.73 Å². The molecule has 0 heterocycles. The molecule has 2 atom stereocenters. The van der Waals surface area contributed by atoms with E-state index in [-0.39, 0.29) is 0 Å². The second kappa shape index (κ2) is 3.14. The first kappa shape index (κ1) is 9.62. The highest BCUT2D eigenvalue weighted by atomic mass is 31.2. The van der Waals surface area contributed by atoms with Gasteiger partial charge in [-0.05, 0) is 0 Å². The van der Waals surface area contributed by atoms with Gasteiger partial charge in [0.15, 0.2) is 0 Å². The first-order valence-electron chi connectivity index (χ1n) is 2.61. The summed E-state index contributed by atoms with van der Waals surface area (Å²) in [4.78, 5) is 18.6. The summed E-state index contributed by atoms with van der Waals surface area (Å²) in [5.74, 6) is -2.31. The summed E-state index contributed by atoms with van der Waals surface area (Å²) < 4.78 is 10.6. The van der Waals surface area contributed by atoms with Gasteiger partial charge in [-0.1, -0.05) is 0 Å². The molecule has 0 amide bonds. The maximum Gasteiger partial charge on any atom is 0.305 e. The van der Waals surface area contributed by atoms with E-state index in [1.54, 1.807) is 0 Å². The van der Waals surface area contributed by atoms with Crippen LogP contribution in [-0.2, 0) is 9.36 Å². The molecule has 0 aliphatic carbocycles. The summed E-state index contributed by atoms with van der Waals surface area (Å²) in [5.41, 5.74) is 5.06. The Bertz CT molecular complexity index is 174. The molecule has 0 saturated heterocycles. The number of nitrogens with two attached hydrogens (primary N) is 1. The summed E-state index contributed by atoms with van der Waals surface area (Å²) in [6.45, 7) is 1.04. The zero-order valence-electron chi connectivity index (χ0n) is 5.52. The normalized spacial score (nSPS) is 19.5. The molecule has 5 nitrogen and oxygen atoms in total.